The van der Waals surface area contributed by atoms with Gasteiger partial charge < -0.3 is 19.7 Å². The summed E-state index contributed by atoms with van der Waals surface area (Å²) in [7, 11) is 3.51. The summed E-state index contributed by atoms with van der Waals surface area (Å²) in [6, 6.07) is 0. The number of hydrogen-bond acceptors (Lipinski definition) is 6. The van der Waals surface area contributed by atoms with Crippen molar-refractivity contribution in [1.29, 1.82) is 0 Å². The van der Waals surface area contributed by atoms with E-state index in [9.17, 15) is 0 Å². The first-order chi connectivity index (χ1) is 9.83. The van der Waals surface area contributed by atoms with Crippen molar-refractivity contribution in [3.63, 3.8) is 0 Å². The molecule has 1 aromatic heterocycles. The maximum Gasteiger partial charge on any atom is 0.185 e. The van der Waals surface area contributed by atoms with Crippen LogP contribution in [0.15, 0.2) is 6.20 Å². The summed E-state index contributed by atoms with van der Waals surface area (Å²) in [6.45, 7) is 5.53. The predicted octanol–water partition coefficient (Wildman–Crippen LogP) is 1.74. The van der Waals surface area contributed by atoms with Crippen molar-refractivity contribution in [3.05, 3.63) is 11.1 Å². The molecule has 1 aliphatic heterocycles. The maximum absolute atomic E-state index is 5.28. The highest BCUT2D eigenvalue weighted by Gasteiger charge is 2.21. The highest BCUT2D eigenvalue weighted by molar-refractivity contribution is 7.15. The first-order valence-electron chi connectivity index (χ1n) is 7.21. The lowest BCUT2D eigenvalue weighted by molar-refractivity contribution is 0.143. The highest BCUT2D eigenvalue weighted by Crippen LogP contribution is 2.27. The van der Waals surface area contributed by atoms with E-state index >= 15 is 0 Å². The van der Waals surface area contributed by atoms with Crippen LogP contribution in [0, 0.1) is 5.92 Å². The molecular formula is C14H25N3O2S. The Balaban J connectivity index is 1.81. The van der Waals surface area contributed by atoms with Crippen LogP contribution in [0.4, 0.5) is 5.13 Å². The second-order valence-corrected chi connectivity index (χ2v) is 6.28. The summed E-state index contributed by atoms with van der Waals surface area (Å²) >= 11 is 1.79. The van der Waals surface area contributed by atoms with Gasteiger partial charge in [0, 0.05) is 51.5 Å². The van der Waals surface area contributed by atoms with E-state index in [1.165, 1.54) is 17.7 Å². The Morgan fingerprint density at radius 3 is 3.15 bits per heavy atom. The zero-order valence-corrected chi connectivity index (χ0v) is 13.2. The van der Waals surface area contributed by atoms with E-state index in [0.717, 1.165) is 44.5 Å². The minimum atomic E-state index is 0.640. The van der Waals surface area contributed by atoms with E-state index < -0.39 is 0 Å². The van der Waals surface area contributed by atoms with E-state index in [4.69, 9.17) is 9.47 Å². The molecule has 1 unspecified atom stereocenters. The Morgan fingerprint density at radius 1 is 1.45 bits per heavy atom. The first-order valence-corrected chi connectivity index (χ1v) is 8.03. The van der Waals surface area contributed by atoms with E-state index in [2.05, 4.69) is 15.2 Å². The summed E-state index contributed by atoms with van der Waals surface area (Å²) in [5.74, 6) is 0.640. The topological polar surface area (TPSA) is 46.6 Å². The Kier molecular flexibility index (Phi) is 6.72. The molecule has 1 aromatic rings. The van der Waals surface area contributed by atoms with E-state index in [1.807, 2.05) is 6.20 Å². The Hall–Kier alpha value is -0.690. The van der Waals surface area contributed by atoms with E-state index in [-0.39, 0.29) is 0 Å². The Morgan fingerprint density at radius 2 is 2.35 bits per heavy atom. The van der Waals surface area contributed by atoms with Crippen LogP contribution in [0.5, 0.6) is 0 Å². The molecule has 0 aliphatic carbocycles. The fourth-order valence-corrected chi connectivity index (χ4v) is 3.44. The van der Waals surface area contributed by atoms with Crippen molar-refractivity contribution in [1.82, 2.24) is 10.3 Å². The van der Waals surface area contributed by atoms with Crippen LogP contribution in [-0.2, 0) is 16.0 Å². The molecular weight excluding hydrogens is 274 g/mol. The molecule has 1 aliphatic rings. The first kappa shape index (κ1) is 15.7. The summed E-state index contributed by atoms with van der Waals surface area (Å²) in [6.07, 6.45) is 4.48. The number of nitrogens with zero attached hydrogens (tertiary/aromatic N) is 2. The summed E-state index contributed by atoms with van der Waals surface area (Å²) in [5, 5.41) is 4.50. The zero-order chi connectivity index (χ0) is 14.2. The van der Waals surface area contributed by atoms with Crippen LogP contribution < -0.4 is 10.2 Å². The third-order valence-corrected chi connectivity index (χ3v) is 4.57. The number of nitrogens with one attached hydrogen (secondary N) is 1. The molecule has 2 heterocycles. The minimum absolute atomic E-state index is 0.640. The average molecular weight is 299 g/mol. The van der Waals surface area contributed by atoms with Gasteiger partial charge in [0.05, 0.1) is 13.2 Å². The number of thiazole rings is 1. The van der Waals surface area contributed by atoms with E-state index in [0.29, 0.717) is 5.92 Å². The zero-order valence-electron chi connectivity index (χ0n) is 12.4. The molecule has 5 nitrogen and oxygen atoms in total. The lowest BCUT2D eigenvalue weighted by atomic mass is 9.99. The number of aromatic nitrogens is 1. The van der Waals surface area contributed by atoms with Gasteiger partial charge in [-0.1, -0.05) is 0 Å². The smallest absolute Gasteiger partial charge is 0.185 e. The molecule has 1 saturated heterocycles. The number of rotatable bonds is 8. The predicted molar refractivity (Wildman–Crippen MR) is 82.5 cm³/mol. The van der Waals surface area contributed by atoms with Gasteiger partial charge in [-0.05, 0) is 18.8 Å². The van der Waals surface area contributed by atoms with Crippen LogP contribution in [-0.4, -0.2) is 52.1 Å². The van der Waals surface area contributed by atoms with Gasteiger partial charge in [0.15, 0.2) is 5.13 Å². The average Bonchev–Trinajstić information content (AvgIpc) is 2.93. The van der Waals surface area contributed by atoms with Crippen LogP contribution in [0.1, 0.15) is 17.7 Å². The molecule has 0 radical (unpaired) electrons. The summed E-state index contributed by atoms with van der Waals surface area (Å²) in [5.41, 5.74) is 0. The van der Waals surface area contributed by atoms with Crippen LogP contribution >= 0.6 is 11.3 Å². The lowest BCUT2D eigenvalue weighted by Crippen LogP contribution is -2.37. The third kappa shape index (κ3) is 4.70. The van der Waals surface area contributed by atoms with Crippen molar-refractivity contribution < 1.29 is 9.47 Å². The fraction of sp³-hybridized carbons (Fsp3) is 0.786. The molecule has 1 atom stereocenters. The van der Waals surface area contributed by atoms with Crippen molar-refractivity contribution in [2.45, 2.75) is 19.4 Å². The quantitative estimate of drug-likeness (QED) is 0.741. The molecule has 2 rings (SSSR count). The molecule has 1 fully saturated rings. The molecule has 0 spiro atoms. The van der Waals surface area contributed by atoms with Gasteiger partial charge in [0.1, 0.15) is 0 Å². The third-order valence-electron chi connectivity index (χ3n) is 3.52. The number of methoxy groups -OCH3 is 2. The van der Waals surface area contributed by atoms with Crippen molar-refractivity contribution >= 4 is 16.5 Å². The maximum atomic E-state index is 5.28. The largest absolute Gasteiger partial charge is 0.384 e. The molecule has 6 heteroatoms. The SMILES string of the molecule is COCCNCc1cnc(N2CCCC(COC)C2)s1. The molecule has 1 N–H and O–H groups in total. The summed E-state index contributed by atoms with van der Waals surface area (Å²) in [4.78, 5) is 8.25. The van der Waals surface area contributed by atoms with Crippen LogP contribution in [0.3, 0.4) is 0 Å². The van der Waals surface area contributed by atoms with E-state index in [1.54, 1.807) is 25.6 Å². The molecule has 0 bridgehead atoms. The monoisotopic (exact) mass is 299 g/mol. The number of ether oxygens (including phenoxy) is 2. The molecule has 0 amide bonds. The Bertz CT molecular complexity index is 384. The van der Waals surface area contributed by atoms with Gasteiger partial charge in [-0.15, -0.1) is 11.3 Å². The fourth-order valence-electron chi connectivity index (χ4n) is 2.52. The molecule has 20 heavy (non-hydrogen) atoms. The lowest BCUT2D eigenvalue weighted by Gasteiger charge is -2.32. The highest BCUT2D eigenvalue weighted by atomic mass is 32.1. The van der Waals surface area contributed by atoms with Gasteiger partial charge >= 0.3 is 0 Å². The standard InChI is InChI=1S/C14H25N3O2S/c1-18-7-5-15-8-13-9-16-14(20-13)17-6-3-4-12(10-17)11-19-2/h9,12,15H,3-8,10-11H2,1-2H3. The normalized spacial score (nSPS) is 19.5. The molecule has 114 valence electrons. The van der Waals surface area contributed by atoms with Crippen LogP contribution in [0.25, 0.3) is 0 Å². The van der Waals surface area contributed by atoms with Gasteiger partial charge in [0.25, 0.3) is 0 Å². The number of piperidine rings is 1. The summed E-state index contributed by atoms with van der Waals surface area (Å²) < 4.78 is 10.3. The molecule has 0 aromatic carbocycles. The number of hydrogen-bond donors (Lipinski definition) is 1. The van der Waals surface area contributed by atoms with Gasteiger partial charge in [-0.2, -0.15) is 0 Å². The number of anilines is 1. The second-order valence-electron chi connectivity index (χ2n) is 5.19. The second kappa shape index (κ2) is 8.56. The van der Waals surface area contributed by atoms with Crippen molar-refractivity contribution in [2.24, 2.45) is 5.92 Å². The van der Waals surface area contributed by atoms with Gasteiger partial charge in [-0.25, -0.2) is 4.98 Å². The Labute approximate surface area is 125 Å². The van der Waals surface area contributed by atoms with Crippen LogP contribution in [0.2, 0.25) is 0 Å². The van der Waals surface area contributed by atoms with Gasteiger partial charge in [-0.3, -0.25) is 0 Å². The van der Waals surface area contributed by atoms with Gasteiger partial charge in [0.2, 0.25) is 0 Å². The van der Waals surface area contributed by atoms with Crippen molar-refractivity contribution in [2.75, 3.05) is 52.0 Å². The van der Waals surface area contributed by atoms with Crippen molar-refractivity contribution in [3.8, 4) is 0 Å². The molecule has 0 saturated carbocycles. The minimum Gasteiger partial charge on any atom is -0.384 e.